The van der Waals surface area contributed by atoms with Gasteiger partial charge in [0.2, 0.25) is 0 Å². The topological polar surface area (TPSA) is 52.6 Å². The van der Waals surface area contributed by atoms with Crippen LogP contribution in [0.15, 0.2) is 23.1 Å². The molecule has 0 bridgehead atoms. The molecule has 96 valence electrons. The van der Waals surface area contributed by atoms with E-state index in [1.807, 2.05) is 0 Å². The van der Waals surface area contributed by atoms with Gasteiger partial charge in [-0.2, -0.15) is 0 Å². The fourth-order valence-corrected chi connectivity index (χ4v) is 2.05. The monoisotopic (exact) mass is 282 g/mol. The highest BCUT2D eigenvalue weighted by molar-refractivity contribution is 8.13. The first kappa shape index (κ1) is 14.2. The van der Waals surface area contributed by atoms with Crippen LogP contribution in [-0.2, 0) is 13.8 Å². The first-order chi connectivity index (χ1) is 7.84. The minimum Gasteiger partial charge on any atom is -0.489 e. The molecular formula is C10H12ClFO4S. The third kappa shape index (κ3) is 4.14. The van der Waals surface area contributed by atoms with E-state index in [1.54, 1.807) is 6.92 Å². The van der Waals surface area contributed by atoms with Gasteiger partial charge in [0.15, 0.2) is 0 Å². The van der Waals surface area contributed by atoms with Crippen molar-refractivity contribution in [1.29, 1.82) is 0 Å². The highest BCUT2D eigenvalue weighted by Crippen LogP contribution is 2.27. The maximum atomic E-state index is 12.9. The molecule has 17 heavy (non-hydrogen) atoms. The predicted molar refractivity (Wildman–Crippen MR) is 61.4 cm³/mol. The molecule has 7 heteroatoms. The van der Waals surface area contributed by atoms with Crippen LogP contribution in [0.1, 0.15) is 6.92 Å². The minimum atomic E-state index is -4.04. The molecule has 1 atom stereocenters. The second-order valence-corrected chi connectivity index (χ2v) is 5.92. The average Bonchev–Trinajstić information content (AvgIpc) is 2.25. The summed E-state index contributed by atoms with van der Waals surface area (Å²) in [5.74, 6) is -0.693. The van der Waals surface area contributed by atoms with Crippen LogP contribution in [0.2, 0.25) is 0 Å². The molecule has 0 saturated heterocycles. The highest BCUT2D eigenvalue weighted by Gasteiger charge is 2.18. The lowest BCUT2D eigenvalue weighted by atomic mass is 10.3. The lowest BCUT2D eigenvalue weighted by Gasteiger charge is -2.13. The SMILES string of the molecule is COC(C)COc1ccc(F)cc1S(=O)(=O)Cl. The minimum absolute atomic E-state index is 0.00491. The Kier molecular flexibility index (Phi) is 4.73. The van der Waals surface area contributed by atoms with Crippen LogP contribution in [0.25, 0.3) is 0 Å². The second kappa shape index (κ2) is 5.66. The zero-order valence-corrected chi connectivity index (χ0v) is 10.9. The molecule has 0 amide bonds. The van der Waals surface area contributed by atoms with E-state index >= 15 is 0 Å². The quantitative estimate of drug-likeness (QED) is 0.777. The van der Waals surface area contributed by atoms with Crippen LogP contribution < -0.4 is 4.74 Å². The first-order valence-electron chi connectivity index (χ1n) is 4.74. The van der Waals surface area contributed by atoms with Crippen LogP contribution in [0, 0.1) is 5.82 Å². The summed E-state index contributed by atoms with van der Waals surface area (Å²) in [6, 6.07) is 3.13. The molecule has 0 fully saturated rings. The van der Waals surface area contributed by atoms with Gasteiger partial charge in [0.1, 0.15) is 23.1 Å². The number of halogens is 2. The van der Waals surface area contributed by atoms with Gasteiger partial charge in [0.25, 0.3) is 9.05 Å². The molecule has 1 aromatic rings. The molecule has 1 aromatic carbocycles. The number of methoxy groups -OCH3 is 1. The third-order valence-corrected chi connectivity index (χ3v) is 3.39. The highest BCUT2D eigenvalue weighted by atomic mass is 35.7. The molecule has 1 unspecified atom stereocenters. The fraction of sp³-hybridized carbons (Fsp3) is 0.400. The Morgan fingerprint density at radius 1 is 1.47 bits per heavy atom. The van der Waals surface area contributed by atoms with E-state index < -0.39 is 14.9 Å². The van der Waals surface area contributed by atoms with Gasteiger partial charge in [0, 0.05) is 17.8 Å². The number of hydrogen-bond acceptors (Lipinski definition) is 4. The summed E-state index contributed by atoms with van der Waals surface area (Å²) < 4.78 is 45.5. The average molecular weight is 283 g/mol. The molecule has 0 spiro atoms. The van der Waals surface area contributed by atoms with E-state index in [2.05, 4.69) is 0 Å². The van der Waals surface area contributed by atoms with Crippen molar-refractivity contribution >= 4 is 19.7 Å². The Bertz CT molecular complexity index is 489. The number of ether oxygens (including phenoxy) is 2. The molecule has 4 nitrogen and oxygen atoms in total. The van der Waals surface area contributed by atoms with Crippen LogP contribution in [-0.4, -0.2) is 28.2 Å². The normalized spacial score (nSPS) is 13.4. The molecular weight excluding hydrogens is 271 g/mol. The van der Waals surface area contributed by atoms with Gasteiger partial charge in [-0.3, -0.25) is 0 Å². The molecule has 0 saturated carbocycles. The predicted octanol–water partition coefficient (Wildman–Crippen LogP) is 2.17. The summed E-state index contributed by atoms with van der Waals surface area (Å²) in [5, 5.41) is 0. The Morgan fingerprint density at radius 2 is 2.12 bits per heavy atom. The van der Waals surface area contributed by atoms with Crippen molar-refractivity contribution in [3.8, 4) is 5.75 Å². The Balaban J connectivity index is 3.00. The first-order valence-corrected chi connectivity index (χ1v) is 7.05. The van der Waals surface area contributed by atoms with Gasteiger partial charge < -0.3 is 9.47 Å². The third-order valence-electron chi connectivity index (χ3n) is 2.04. The number of rotatable bonds is 5. The van der Waals surface area contributed by atoms with Crippen molar-refractivity contribution in [1.82, 2.24) is 0 Å². The van der Waals surface area contributed by atoms with Crippen LogP contribution >= 0.6 is 10.7 Å². The summed E-state index contributed by atoms with van der Waals surface area (Å²) >= 11 is 0. The molecule has 0 aliphatic heterocycles. The standard InChI is InChI=1S/C10H12ClFO4S/c1-7(15-2)6-16-9-4-3-8(12)5-10(9)17(11,13)14/h3-5,7H,6H2,1-2H3. The molecule has 0 aromatic heterocycles. The van der Waals surface area contributed by atoms with Gasteiger partial charge in [-0.1, -0.05) is 0 Å². The molecule has 0 heterocycles. The van der Waals surface area contributed by atoms with Crippen molar-refractivity contribution in [2.45, 2.75) is 17.9 Å². The van der Waals surface area contributed by atoms with Gasteiger partial charge in [-0.15, -0.1) is 0 Å². The summed E-state index contributed by atoms with van der Waals surface area (Å²) in [6.07, 6.45) is -0.217. The van der Waals surface area contributed by atoms with E-state index in [-0.39, 0.29) is 23.4 Å². The molecule has 0 aliphatic carbocycles. The lowest BCUT2D eigenvalue weighted by molar-refractivity contribution is 0.0705. The zero-order chi connectivity index (χ0) is 13.1. The number of hydrogen-bond donors (Lipinski definition) is 0. The maximum Gasteiger partial charge on any atom is 0.265 e. The lowest BCUT2D eigenvalue weighted by Crippen LogP contribution is -2.16. The van der Waals surface area contributed by atoms with Crippen molar-refractivity contribution in [3.63, 3.8) is 0 Å². The van der Waals surface area contributed by atoms with Crippen LogP contribution in [0.3, 0.4) is 0 Å². The van der Waals surface area contributed by atoms with Gasteiger partial charge in [0.05, 0.1) is 6.10 Å². The molecule has 0 radical (unpaired) electrons. The summed E-state index contributed by atoms with van der Waals surface area (Å²) in [6.45, 7) is 1.89. The largest absolute Gasteiger partial charge is 0.489 e. The summed E-state index contributed by atoms with van der Waals surface area (Å²) in [7, 11) is 2.63. The van der Waals surface area contributed by atoms with E-state index in [9.17, 15) is 12.8 Å². The Labute approximate surface area is 104 Å². The molecule has 1 rings (SSSR count). The van der Waals surface area contributed by atoms with E-state index in [0.717, 1.165) is 12.1 Å². The molecule has 0 N–H and O–H groups in total. The van der Waals surface area contributed by atoms with Crippen LogP contribution in [0.5, 0.6) is 5.75 Å². The van der Waals surface area contributed by atoms with Gasteiger partial charge in [-0.25, -0.2) is 12.8 Å². The molecule has 0 aliphatic rings. The van der Waals surface area contributed by atoms with Crippen molar-refractivity contribution < 1.29 is 22.3 Å². The van der Waals surface area contributed by atoms with Gasteiger partial charge in [-0.05, 0) is 25.1 Å². The Morgan fingerprint density at radius 3 is 2.65 bits per heavy atom. The summed E-state index contributed by atoms with van der Waals surface area (Å²) in [5.41, 5.74) is 0. The van der Waals surface area contributed by atoms with Crippen molar-refractivity contribution in [2.75, 3.05) is 13.7 Å². The van der Waals surface area contributed by atoms with Crippen LogP contribution in [0.4, 0.5) is 4.39 Å². The van der Waals surface area contributed by atoms with Gasteiger partial charge >= 0.3 is 0 Å². The van der Waals surface area contributed by atoms with E-state index in [1.165, 1.54) is 13.2 Å². The fourth-order valence-electron chi connectivity index (χ4n) is 1.07. The van der Waals surface area contributed by atoms with E-state index in [4.69, 9.17) is 20.2 Å². The maximum absolute atomic E-state index is 12.9. The second-order valence-electron chi connectivity index (χ2n) is 3.39. The van der Waals surface area contributed by atoms with E-state index in [0.29, 0.717) is 0 Å². The zero-order valence-electron chi connectivity index (χ0n) is 9.31. The summed E-state index contributed by atoms with van der Waals surface area (Å²) in [4.78, 5) is -0.387. The van der Waals surface area contributed by atoms with Crippen molar-refractivity contribution in [3.05, 3.63) is 24.0 Å². The Hall–Kier alpha value is -0.850. The number of benzene rings is 1. The van der Waals surface area contributed by atoms with Crippen molar-refractivity contribution in [2.24, 2.45) is 0 Å². The smallest absolute Gasteiger partial charge is 0.265 e.